The van der Waals surface area contributed by atoms with Crippen molar-refractivity contribution in [1.82, 2.24) is 4.98 Å². The summed E-state index contributed by atoms with van der Waals surface area (Å²) in [6.07, 6.45) is 1.70. The van der Waals surface area contributed by atoms with Crippen LogP contribution in [-0.4, -0.2) is 27.0 Å². The number of carbonyl (C=O) groups is 1. The highest BCUT2D eigenvalue weighted by molar-refractivity contribution is 5.73. The maximum Gasteiger partial charge on any atom is 0.320 e. The van der Waals surface area contributed by atoms with Gasteiger partial charge in [0.25, 0.3) is 0 Å². The van der Waals surface area contributed by atoms with Gasteiger partial charge in [0.2, 0.25) is 5.82 Å². The van der Waals surface area contributed by atoms with Crippen LogP contribution in [-0.2, 0) is 11.2 Å². The molecule has 0 radical (unpaired) electrons. The number of carboxylic acid groups (broad SMARTS) is 1. The largest absolute Gasteiger partial charge is 0.480 e. The first-order chi connectivity index (χ1) is 13.9. The van der Waals surface area contributed by atoms with Gasteiger partial charge in [0, 0.05) is 18.0 Å². The number of aromatic nitrogens is 1. The average Bonchev–Trinajstić information content (AvgIpc) is 2.71. The van der Waals surface area contributed by atoms with Crippen LogP contribution in [0.5, 0.6) is 11.5 Å². The molecule has 3 aromatic rings. The highest BCUT2D eigenvalue weighted by atomic mass is 16.6. The van der Waals surface area contributed by atoms with E-state index in [1.807, 2.05) is 0 Å². The second-order valence-electron chi connectivity index (χ2n) is 6.17. The minimum atomic E-state index is -1.05. The van der Waals surface area contributed by atoms with Gasteiger partial charge >= 0.3 is 11.7 Å². The van der Waals surface area contributed by atoms with Gasteiger partial charge in [-0.15, -0.1) is 0 Å². The van der Waals surface area contributed by atoms with E-state index in [-0.39, 0.29) is 17.9 Å². The molecule has 0 amide bonds. The SMILES string of the molecule is NC(Cc1ccc(Oc2ccc(Nc3ncccc3[N+](=O)[O-])cc2)cc1)C(=O)O. The zero-order valence-corrected chi connectivity index (χ0v) is 15.2. The Morgan fingerprint density at radius 1 is 1.14 bits per heavy atom. The molecule has 0 saturated heterocycles. The summed E-state index contributed by atoms with van der Waals surface area (Å²) >= 11 is 0. The molecule has 9 heteroatoms. The molecule has 3 rings (SSSR count). The molecular weight excluding hydrogens is 376 g/mol. The Kier molecular flexibility index (Phi) is 6.00. The lowest BCUT2D eigenvalue weighted by molar-refractivity contribution is -0.384. The number of hydrogen-bond donors (Lipinski definition) is 3. The number of nitrogens with two attached hydrogens (primary N) is 1. The van der Waals surface area contributed by atoms with Crippen molar-refractivity contribution in [1.29, 1.82) is 0 Å². The van der Waals surface area contributed by atoms with Gasteiger partial charge in [-0.05, 0) is 54.4 Å². The van der Waals surface area contributed by atoms with Gasteiger partial charge in [0.1, 0.15) is 17.5 Å². The van der Waals surface area contributed by atoms with Crippen molar-refractivity contribution in [3.05, 3.63) is 82.5 Å². The van der Waals surface area contributed by atoms with E-state index < -0.39 is 16.9 Å². The zero-order chi connectivity index (χ0) is 20.8. The molecule has 29 heavy (non-hydrogen) atoms. The first kappa shape index (κ1) is 19.8. The number of pyridine rings is 1. The van der Waals surface area contributed by atoms with Crippen molar-refractivity contribution in [3.63, 3.8) is 0 Å². The molecule has 1 heterocycles. The van der Waals surface area contributed by atoms with E-state index in [0.29, 0.717) is 17.2 Å². The lowest BCUT2D eigenvalue weighted by Crippen LogP contribution is -2.32. The maximum atomic E-state index is 11.1. The summed E-state index contributed by atoms with van der Waals surface area (Å²) in [5.41, 5.74) is 6.83. The Morgan fingerprint density at radius 3 is 2.34 bits per heavy atom. The van der Waals surface area contributed by atoms with Gasteiger partial charge in [0.05, 0.1) is 4.92 Å². The molecule has 0 aliphatic rings. The van der Waals surface area contributed by atoms with E-state index in [4.69, 9.17) is 15.6 Å². The number of nitrogens with one attached hydrogen (secondary N) is 1. The van der Waals surface area contributed by atoms with Crippen LogP contribution in [0, 0.1) is 10.1 Å². The molecule has 1 aromatic heterocycles. The van der Waals surface area contributed by atoms with Crippen molar-refractivity contribution in [3.8, 4) is 11.5 Å². The molecular formula is C20H18N4O5. The van der Waals surface area contributed by atoms with Gasteiger partial charge in [-0.3, -0.25) is 14.9 Å². The van der Waals surface area contributed by atoms with Crippen LogP contribution in [0.3, 0.4) is 0 Å². The number of carboxylic acids is 1. The van der Waals surface area contributed by atoms with E-state index in [0.717, 1.165) is 5.56 Å². The lowest BCUT2D eigenvalue weighted by Gasteiger charge is -2.10. The topological polar surface area (TPSA) is 141 Å². The van der Waals surface area contributed by atoms with Crippen molar-refractivity contribution < 1.29 is 19.6 Å². The van der Waals surface area contributed by atoms with Crippen LogP contribution >= 0.6 is 0 Å². The Balaban J connectivity index is 1.64. The number of nitrogens with zero attached hydrogens (tertiary/aromatic N) is 2. The number of benzene rings is 2. The van der Waals surface area contributed by atoms with Gasteiger partial charge in [-0.1, -0.05) is 12.1 Å². The van der Waals surface area contributed by atoms with E-state index >= 15 is 0 Å². The highest BCUT2D eigenvalue weighted by Crippen LogP contribution is 2.27. The summed E-state index contributed by atoms with van der Waals surface area (Å²) in [5, 5.41) is 22.8. The Morgan fingerprint density at radius 2 is 1.76 bits per heavy atom. The van der Waals surface area contributed by atoms with Crippen molar-refractivity contribution in [2.45, 2.75) is 12.5 Å². The number of anilines is 2. The lowest BCUT2D eigenvalue weighted by atomic mass is 10.1. The third-order valence-electron chi connectivity index (χ3n) is 4.03. The van der Waals surface area contributed by atoms with Gasteiger partial charge in [-0.25, -0.2) is 4.98 Å². The molecule has 9 nitrogen and oxygen atoms in total. The zero-order valence-electron chi connectivity index (χ0n) is 15.2. The van der Waals surface area contributed by atoms with Crippen molar-refractivity contribution in [2.24, 2.45) is 5.73 Å². The second kappa shape index (κ2) is 8.81. The van der Waals surface area contributed by atoms with Gasteiger partial charge in [-0.2, -0.15) is 0 Å². The van der Waals surface area contributed by atoms with E-state index in [2.05, 4.69) is 10.3 Å². The number of ether oxygens (including phenoxy) is 1. The summed E-state index contributed by atoms with van der Waals surface area (Å²) < 4.78 is 5.75. The molecule has 148 valence electrons. The molecule has 0 bridgehead atoms. The molecule has 4 N–H and O–H groups in total. The summed E-state index contributed by atoms with van der Waals surface area (Å²) in [6.45, 7) is 0. The predicted octanol–water partition coefficient (Wildman–Crippen LogP) is 3.48. The van der Waals surface area contributed by atoms with Crippen LogP contribution < -0.4 is 15.8 Å². The van der Waals surface area contributed by atoms with E-state index in [1.54, 1.807) is 48.5 Å². The molecule has 1 atom stereocenters. The summed E-state index contributed by atoms with van der Waals surface area (Å²) in [7, 11) is 0. The summed E-state index contributed by atoms with van der Waals surface area (Å²) in [4.78, 5) is 25.4. The predicted molar refractivity (Wildman–Crippen MR) is 106 cm³/mol. The minimum Gasteiger partial charge on any atom is -0.480 e. The Hall–Kier alpha value is -3.98. The Bertz CT molecular complexity index is 1010. The normalized spacial score (nSPS) is 11.5. The van der Waals surface area contributed by atoms with Crippen molar-refractivity contribution in [2.75, 3.05) is 5.32 Å². The van der Waals surface area contributed by atoms with Crippen LogP contribution in [0.4, 0.5) is 17.2 Å². The van der Waals surface area contributed by atoms with Crippen LogP contribution in [0.15, 0.2) is 66.9 Å². The molecule has 1 unspecified atom stereocenters. The van der Waals surface area contributed by atoms with Gasteiger partial charge < -0.3 is 20.9 Å². The van der Waals surface area contributed by atoms with Crippen LogP contribution in [0.1, 0.15) is 5.56 Å². The fraction of sp³-hybridized carbons (Fsp3) is 0.100. The third kappa shape index (κ3) is 5.27. The molecule has 0 fully saturated rings. The first-order valence-corrected chi connectivity index (χ1v) is 8.64. The standard InChI is InChI=1S/C20H18N4O5/c21-17(20(25)26)12-13-3-7-15(8-4-13)29-16-9-5-14(6-10-16)23-19-18(24(27)28)2-1-11-22-19/h1-11,17H,12,21H2,(H,22,23)(H,25,26). The van der Waals surface area contributed by atoms with Crippen LogP contribution in [0.2, 0.25) is 0 Å². The minimum absolute atomic E-state index is 0.115. The molecule has 0 aliphatic carbocycles. The number of hydrogen-bond acceptors (Lipinski definition) is 7. The fourth-order valence-electron chi connectivity index (χ4n) is 2.55. The van der Waals surface area contributed by atoms with Crippen LogP contribution in [0.25, 0.3) is 0 Å². The third-order valence-corrected chi connectivity index (χ3v) is 4.03. The fourth-order valence-corrected chi connectivity index (χ4v) is 2.55. The monoisotopic (exact) mass is 394 g/mol. The first-order valence-electron chi connectivity index (χ1n) is 8.64. The molecule has 0 aliphatic heterocycles. The van der Waals surface area contributed by atoms with Crippen molar-refractivity contribution >= 4 is 23.2 Å². The molecule has 0 spiro atoms. The van der Waals surface area contributed by atoms with E-state index in [9.17, 15) is 14.9 Å². The quantitative estimate of drug-likeness (QED) is 0.389. The van der Waals surface area contributed by atoms with E-state index in [1.165, 1.54) is 18.3 Å². The Labute approximate surface area is 165 Å². The van der Waals surface area contributed by atoms with Gasteiger partial charge in [0.15, 0.2) is 0 Å². The summed E-state index contributed by atoms with van der Waals surface area (Å²) in [6, 6.07) is 15.8. The molecule has 2 aromatic carbocycles. The second-order valence-corrected chi connectivity index (χ2v) is 6.17. The smallest absolute Gasteiger partial charge is 0.320 e. The molecule has 0 saturated carbocycles. The highest BCUT2D eigenvalue weighted by Gasteiger charge is 2.14. The maximum absolute atomic E-state index is 11.1. The number of aliphatic carboxylic acids is 1. The number of rotatable bonds is 8. The average molecular weight is 394 g/mol. The number of nitro groups is 1. The summed E-state index contributed by atoms with van der Waals surface area (Å²) in [5.74, 6) is 0.260.